The standard InChI is InChI=1S/C11H11N3/c1-8(9-6-7-9)14-11-5-3-2-4-10(11)12-13-14/h2-5,9H,1,6-7H2. The first-order valence-corrected chi connectivity index (χ1v) is 4.86. The fourth-order valence-electron chi connectivity index (χ4n) is 1.67. The van der Waals surface area contributed by atoms with E-state index in [4.69, 9.17) is 0 Å². The smallest absolute Gasteiger partial charge is 0.113 e. The van der Waals surface area contributed by atoms with Crippen molar-refractivity contribution in [3.05, 3.63) is 30.8 Å². The largest absolute Gasteiger partial charge is 0.217 e. The van der Waals surface area contributed by atoms with Gasteiger partial charge in [0.25, 0.3) is 0 Å². The molecule has 3 nitrogen and oxygen atoms in total. The maximum Gasteiger partial charge on any atom is 0.113 e. The lowest BCUT2D eigenvalue weighted by Gasteiger charge is -2.02. The van der Waals surface area contributed by atoms with Crippen LogP contribution in [0.4, 0.5) is 0 Å². The molecule has 70 valence electrons. The first-order chi connectivity index (χ1) is 6.86. The molecule has 0 unspecified atom stereocenters. The molecule has 1 aromatic carbocycles. The quantitative estimate of drug-likeness (QED) is 0.718. The van der Waals surface area contributed by atoms with Crippen molar-refractivity contribution in [2.45, 2.75) is 12.8 Å². The van der Waals surface area contributed by atoms with E-state index in [0.717, 1.165) is 16.7 Å². The lowest BCUT2D eigenvalue weighted by molar-refractivity contribution is 0.802. The van der Waals surface area contributed by atoms with Crippen molar-refractivity contribution >= 4 is 16.7 Å². The highest BCUT2D eigenvalue weighted by molar-refractivity contribution is 5.77. The van der Waals surface area contributed by atoms with E-state index in [0.29, 0.717) is 5.92 Å². The highest BCUT2D eigenvalue weighted by atomic mass is 15.4. The minimum atomic E-state index is 0.625. The Balaban J connectivity index is 2.16. The summed E-state index contributed by atoms with van der Waals surface area (Å²) in [4.78, 5) is 0. The third kappa shape index (κ3) is 1.05. The lowest BCUT2D eigenvalue weighted by atomic mass is 10.3. The summed E-state index contributed by atoms with van der Waals surface area (Å²) in [5.41, 5.74) is 3.08. The van der Waals surface area contributed by atoms with Crippen molar-refractivity contribution in [3.63, 3.8) is 0 Å². The Kier molecular flexibility index (Phi) is 1.48. The van der Waals surface area contributed by atoms with Crippen LogP contribution in [0.1, 0.15) is 12.8 Å². The third-order valence-corrected chi connectivity index (χ3v) is 2.67. The number of aromatic nitrogens is 3. The molecule has 0 aliphatic heterocycles. The Labute approximate surface area is 82.0 Å². The second kappa shape index (κ2) is 2.67. The van der Waals surface area contributed by atoms with Crippen LogP contribution in [0, 0.1) is 5.92 Å². The number of rotatable bonds is 2. The number of para-hydroxylation sites is 1. The molecule has 0 radical (unpaired) electrons. The molecule has 1 fully saturated rings. The van der Waals surface area contributed by atoms with Gasteiger partial charge >= 0.3 is 0 Å². The molecule has 1 saturated carbocycles. The predicted molar refractivity (Wildman–Crippen MR) is 55.6 cm³/mol. The van der Waals surface area contributed by atoms with Crippen LogP contribution in [-0.2, 0) is 0 Å². The van der Waals surface area contributed by atoms with Crippen molar-refractivity contribution in [1.29, 1.82) is 0 Å². The maximum atomic E-state index is 4.12. The average molecular weight is 185 g/mol. The summed E-state index contributed by atoms with van der Waals surface area (Å²) in [6.07, 6.45) is 2.49. The van der Waals surface area contributed by atoms with Crippen LogP contribution in [0.15, 0.2) is 30.8 Å². The molecular weight excluding hydrogens is 174 g/mol. The van der Waals surface area contributed by atoms with E-state index in [1.807, 2.05) is 28.9 Å². The Morgan fingerprint density at radius 2 is 2.14 bits per heavy atom. The molecule has 0 N–H and O–H groups in total. The van der Waals surface area contributed by atoms with Crippen LogP contribution in [0.25, 0.3) is 16.7 Å². The monoisotopic (exact) mass is 185 g/mol. The molecule has 2 aromatic rings. The van der Waals surface area contributed by atoms with Crippen molar-refractivity contribution in [2.24, 2.45) is 5.92 Å². The van der Waals surface area contributed by atoms with Crippen molar-refractivity contribution in [1.82, 2.24) is 15.0 Å². The highest BCUT2D eigenvalue weighted by Gasteiger charge is 2.27. The summed E-state index contributed by atoms with van der Waals surface area (Å²) in [5.74, 6) is 0.625. The maximum absolute atomic E-state index is 4.12. The van der Waals surface area contributed by atoms with Crippen molar-refractivity contribution in [3.8, 4) is 0 Å². The summed E-state index contributed by atoms with van der Waals surface area (Å²) in [6.45, 7) is 4.07. The Morgan fingerprint density at radius 1 is 1.36 bits per heavy atom. The number of hydrogen-bond donors (Lipinski definition) is 0. The zero-order valence-corrected chi connectivity index (χ0v) is 7.85. The number of hydrogen-bond acceptors (Lipinski definition) is 2. The van der Waals surface area contributed by atoms with Crippen LogP contribution in [0.3, 0.4) is 0 Å². The molecule has 0 amide bonds. The van der Waals surface area contributed by atoms with E-state index in [2.05, 4.69) is 16.9 Å². The van der Waals surface area contributed by atoms with E-state index in [1.54, 1.807) is 0 Å². The van der Waals surface area contributed by atoms with Gasteiger partial charge in [0.1, 0.15) is 5.52 Å². The first kappa shape index (κ1) is 7.74. The SMILES string of the molecule is C=C(C1CC1)n1nnc2ccccc21. The summed E-state index contributed by atoms with van der Waals surface area (Å²) in [7, 11) is 0. The van der Waals surface area contributed by atoms with Crippen LogP contribution in [-0.4, -0.2) is 15.0 Å². The van der Waals surface area contributed by atoms with Crippen molar-refractivity contribution in [2.75, 3.05) is 0 Å². The number of fused-ring (bicyclic) bond motifs is 1. The van der Waals surface area contributed by atoms with Gasteiger partial charge < -0.3 is 0 Å². The van der Waals surface area contributed by atoms with Gasteiger partial charge in [-0.25, -0.2) is 4.68 Å². The molecule has 14 heavy (non-hydrogen) atoms. The van der Waals surface area contributed by atoms with E-state index in [9.17, 15) is 0 Å². The molecule has 3 heteroatoms. The van der Waals surface area contributed by atoms with Crippen LogP contribution in [0.2, 0.25) is 0 Å². The van der Waals surface area contributed by atoms with Gasteiger partial charge in [-0.15, -0.1) is 5.10 Å². The normalized spacial score (nSPS) is 16.0. The topological polar surface area (TPSA) is 30.7 Å². The van der Waals surface area contributed by atoms with E-state index in [1.165, 1.54) is 12.8 Å². The summed E-state index contributed by atoms with van der Waals surface area (Å²) in [6, 6.07) is 7.98. The van der Waals surface area contributed by atoms with Gasteiger partial charge in [0.15, 0.2) is 0 Å². The molecule has 1 heterocycles. The summed E-state index contributed by atoms with van der Waals surface area (Å²) in [5, 5.41) is 8.23. The molecule has 3 rings (SSSR count). The minimum absolute atomic E-state index is 0.625. The number of nitrogens with zero attached hydrogens (tertiary/aromatic N) is 3. The van der Waals surface area contributed by atoms with Crippen LogP contribution < -0.4 is 0 Å². The summed E-state index contributed by atoms with van der Waals surface area (Å²) < 4.78 is 1.87. The van der Waals surface area contributed by atoms with Gasteiger partial charge in [0.05, 0.1) is 5.52 Å². The molecule has 0 bridgehead atoms. The first-order valence-electron chi connectivity index (χ1n) is 4.86. The second-order valence-electron chi connectivity index (χ2n) is 3.76. The van der Waals surface area contributed by atoms with Gasteiger partial charge in [-0.05, 0) is 25.0 Å². The second-order valence-corrected chi connectivity index (χ2v) is 3.76. The number of benzene rings is 1. The molecule has 0 spiro atoms. The molecular formula is C11H11N3. The van der Waals surface area contributed by atoms with Crippen molar-refractivity contribution < 1.29 is 0 Å². The third-order valence-electron chi connectivity index (χ3n) is 2.67. The Bertz CT molecular complexity index is 494. The molecule has 1 aliphatic carbocycles. The highest BCUT2D eigenvalue weighted by Crippen LogP contribution is 2.38. The van der Waals surface area contributed by atoms with Crippen LogP contribution >= 0.6 is 0 Å². The van der Waals surface area contributed by atoms with E-state index < -0.39 is 0 Å². The van der Waals surface area contributed by atoms with Gasteiger partial charge in [-0.3, -0.25) is 0 Å². The van der Waals surface area contributed by atoms with Gasteiger partial charge in [0.2, 0.25) is 0 Å². The van der Waals surface area contributed by atoms with Gasteiger partial charge in [-0.2, -0.15) is 0 Å². The zero-order chi connectivity index (χ0) is 9.54. The average Bonchev–Trinajstić information content (AvgIpc) is 2.97. The Morgan fingerprint density at radius 3 is 2.93 bits per heavy atom. The lowest BCUT2D eigenvalue weighted by Crippen LogP contribution is -1.99. The molecule has 0 atom stereocenters. The molecule has 1 aromatic heterocycles. The zero-order valence-electron chi connectivity index (χ0n) is 7.85. The molecule has 1 aliphatic rings. The number of allylic oxidation sites excluding steroid dienone is 1. The van der Waals surface area contributed by atoms with E-state index >= 15 is 0 Å². The summed E-state index contributed by atoms with van der Waals surface area (Å²) >= 11 is 0. The molecule has 0 saturated heterocycles. The predicted octanol–water partition coefficient (Wildman–Crippen LogP) is 2.31. The minimum Gasteiger partial charge on any atom is -0.217 e. The van der Waals surface area contributed by atoms with Gasteiger partial charge in [0, 0.05) is 11.6 Å². The fourth-order valence-corrected chi connectivity index (χ4v) is 1.67. The van der Waals surface area contributed by atoms with Crippen LogP contribution in [0.5, 0.6) is 0 Å². The fraction of sp³-hybridized carbons (Fsp3) is 0.273. The van der Waals surface area contributed by atoms with E-state index in [-0.39, 0.29) is 0 Å². The van der Waals surface area contributed by atoms with Gasteiger partial charge in [-0.1, -0.05) is 23.9 Å². The Hall–Kier alpha value is -1.64.